The first kappa shape index (κ1) is 19.7. The maximum absolute atomic E-state index is 11.7. The van der Waals surface area contributed by atoms with Crippen LogP contribution in [-0.4, -0.2) is 99.4 Å². The van der Waals surface area contributed by atoms with Crippen LogP contribution < -0.4 is 5.32 Å². The molecule has 0 aromatic carbocycles. The molecular formula is C11H23N3O7. The molecule has 10 nitrogen and oxygen atoms in total. The number of imide groups is 1. The maximum Gasteiger partial charge on any atom is 0.327 e. The SMILES string of the molecule is CN1C(=O)CC(NCC(O)C(O)C(O)CO)N(C)C1=O.O. The molecule has 1 aliphatic rings. The van der Waals surface area contributed by atoms with Crippen LogP contribution in [0.5, 0.6) is 0 Å². The number of carbonyl (C=O) groups is 2. The van der Waals surface area contributed by atoms with E-state index < -0.39 is 37.1 Å². The first-order valence-corrected chi connectivity index (χ1v) is 6.21. The van der Waals surface area contributed by atoms with Crippen molar-refractivity contribution in [1.82, 2.24) is 15.1 Å². The molecule has 3 amide bonds. The Bertz CT molecular complexity index is 368. The van der Waals surface area contributed by atoms with Gasteiger partial charge in [-0.15, -0.1) is 0 Å². The third kappa shape index (κ3) is 4.59. The summed E-state index contributed by atoms with van der Waals surface area (Å²) in [6, 6.07) is -0.468. The summed E-state index contributed by atoms with van der Waals surface area (Å²) in [5.41, 5.74) is 0. The molecule has 0 bridgehead atoms. The Labute approximate surface area is 121 Å². The number of amides is 3. The molecule has 1 rings (SSSR count). The van der Waals surface area contributed by atoms with E-state index in [2.05, 4.69) is 5.32 Å². The van der Waals surface area contributed by atoms with Crippen LogP contribution in [0.4, 0.5) is 4.79 Å². The Balaban J connectivity index is 0.00000400. The molecule has 0 aliphatic carbocycles. The molecule has 21 heavy (non-hydrogen) atoms. The van der Waals surface area contributed by atoms with E-state index in [4.69, 9.17) is 5.11 Å². The molecule has 124 valence electrons. The molecule has 1 fully saturated rings. The van der Waals surface area contributed by atoms with E-state index in [9.17, 15) is 24.9 Å². The van der Waals surface area contributed by atoms with Crippen LogP contribution >= 0.6 is 0 Å². The summed E-state index contributed by atoms with van der Waals surface area (Å²) in [6.45, 7) is -0.819. The predicted octanol–water partition coefficient (Wildman–Crippen LogP) is -3.93. The molecule has 0 aromatic heterocycles. The highest BCUT2D eigenvalue weighted by molar-refractivity contribution is 5.96. The molecule has 4 unspecified atom stereocenters. The number of carbonyl (C=O) groups excluding carboxylic acids is 2. The van der Waals surface area contributed by atoms with Gasteiger partial charge in [-0.25, -0.2) is 4.79 Å². The summed E-state index contributed by atoms with van der Waals surface area (Å²) in [5, 5.41) is 39.7. The molecule has 1 aliphatic heterocycles. The highest BCUT2D eigenvalue weighted by Crippen LogP contribution is 2.12. The van der Waals surface area contributed by atoms with Gasteiger partial charge >= 0.3 is 6.03 Å². The first-order chi connectivity index (χ1) is 9.29. The summed E-state index contributed by atoms with van der Waals surface area (Å²) in [6.07, 6.45) is -4.86. The van der Waals surface area contributed by atoms with Crippen molar-refractivity contribution in [3.8, 4) is 0 Å². The van der Waals surface area contributed by atoms with Crippen LogP contribution in [0.1, 0.15) is 6.42 Å². The van der Waals surface area contributed by atoms with Gasteiger partial charge in [-0.05, 0) is 0 Å². The van der Waals surface area contributed by atoms with Crippen molar-refractivity contribution in [1.29, 1.82) is 0 Å². The maximum atomic E-state index is 11.7. The van der Waals surface area contributed by atoms with Gasteiger partial charge in [0.05, 0.1) is 25.3 Å². The van der Waals surface area contributed by atoms with Crippen LogP contribution in [0, 0.1) is 0 Å². The Morgan fingerprint density at radius 2 is 1.81 bits per heavy atom. The Hall–Kier alpha value is -1.30. The second kappa shape index (κ2) is 8.22. The van der Waals surface area contributed by atoms with E-state index in [1.54, 1.807) is 0 Å². The third-order valence-corrected chi connectivity index (χ3v) is 3.34. The Morgan fingerprint density at radius 3 is 2.33 bits per heavy atom. The van der Waals surface area contributed by atoms with Gasteiger partial charge < -0.3 is 30.8 Å². The molecule has 7 N–H and O–H groups in total. The standard InChI is InChI=1S/C11H21N3O6.H2O/c1-13-8(3-9(18)14(2)11(13)20)12-4-6(16)10(19)7(17)5-15;/h6-8,10,12,15-17,19H,3-5H2,1-2H3;1H2. The van der Waals surface area contributed by atoms with E-state index in [1.165, 1.54) is 19.0 Å². The fourth-order valence-corrected chi connectivity index (χ4v) is 1.87. The molecule has 1 heterocycles. The topological polar surface area (TPSA) is 165 Å². The summed E-state index contributed by atoms with van der Waals surface area (Å²) >= 11 is 0. The smallest absolute Gasteiger partial charge is 0.327 e. The number of aliphatic hydroxyl groups excluding tert-OH is 4. The largest absolute Gasteiger partial charge is 0.412 e. The van der Waals surface area contributed by atoms with Gasteiger partial charge in [0.15, 0.2) is 0 Å². The van der Waals surface area contributed by atoms with E-state index in [-0.39, 0.29) is 24.3 Å². The zero-order valence-electron chi connectivity index (χ0n) is 11.9. The van der Waals surface area contributed by atoms with Crippen LogP contribution in [0.15, 0.2) is 0 Å². The molecule has 0 aromatic rings. The van der Waals surface area contributed by atoms with Gasteiger partial charge in [0.25, 0.3) is 0 Å². The normalized spacial score (nSPS) is 23.6. The number of nitrogens with one attached hydrogen (secondary N) is 1. The van der Waals surface area contributed by atoms with Crippen molar-refractivity contribution >= 4 is 11.9 Å². The highest BCUT2D eigenvalue weighted by atomic mass is 16.4. The lowest BCUT2D eigenvalue weighted by atomic mass is 10.1. The lowest BCUT2D eigenvalue weighted by Gasteiger charge is -2.37. The zero-order valence-corrected chi connectivity index (χ0v) is 11.9. The number of hydrogen-bond acceptors (Lipinski definition) is 7. The lowest BCUT2D eigenvalue weighted by Crippen LogP contribution is -2.60. The van der Waals surface area contributed by atoms with Crippen LogP contribution in [0.3, 0.4) is 0 Å². The number of hydrogen-bond donors (Lipinski definition) is 5. The van der Waals surface area contributed by atoms with Crippen LogP contribution in [-0.2, 0) is 4.79 Å². The van der Waals surface area contributed by atoms with Crippen molar-refractivity contribution in [2.45, 2.75) is 30.9 Å². The summed E-state index contributed by atoms with van der Waals surface area (Å²) < 4.78 is 0. The van der Waals surface area contributed by atoms with Gasteiger partial charge in [0, 0.05) is 20.6 Å². The number of urea groups is 1. The van der Waals surface area contributed by atoms with Crippen molar-refractivity contribution in [2.24, 2.45) is 0 Å². The predicted molar refractivity (Wildman–Crippen MR) is 71.1 cm³/mol. The highest BCUT2D eigenvalue weighted by Gasteiger charge is 2.35. The van der Waals surface area contributed by atoms with Crippen molar-refractivity contribution in [2.75, 3.05) is 27.2 Å². The van der Waals surface area contributed by atoms with Crippen LogP contribution in [0.25, 0.3) is 0 Å². The lowest BCUT2D eigenvalue weighted by molar-refractivity contribution is -0.131. The minimum atomic E-state index is -1.52. The Morgan fingerprint density at radius 1 is 1.24 bits per heavy atom. The van der Waals surface area contributed by atoms with E-state index in [0.29, 0.717) is 0 Å². The number of aliphatic hydroxyl groups is 4. The molecule has 4 atom stereocenters. The number of rotatable bonds is 6. The summed E-state index contributed by atoms with van der Waals surface area (Å²) in [7, 11) is 2.89. The summed E-state index contributed by atoms with van der Waals surface area (Å²) in [5.74, 6) is -0.351. The van der Waals surface area contributed by atoms with Crippen molar-refractivity contribution in [3.05, 3.63) is 0 Å². The Kier molecular flexibility index (Phi) is 7.71. The zero-order chi connectivity index (χ0) is 15.4. The molecule has 10 heteroatoms. The van der Waals surface area contributed by atoms with Crippen molar-refractivity contribution < 1.29 is 35.5 Å². The second-order valence-corrected chi connectivity index (χ2v) is 4.78. The summed E-state index contributed by atoms with van der Waals surface area (Å²) in [4.78, 5) is 25.5. The minimum Gasteiger partial charge on any atom is -0.412 e. The third-order valence-electron chi connectivity index (χ3n) is 3.34. The van der Waals surface area contributed by atoms with Gasteiger partial charge in [-0.1, -0.05) is 0 Å². The van der Waals surface area contributed by atoms with E-state index >= 15 is 0 Å². The van der Waals surface area contributed by atoms with Crippen LogP contribution in [0.2, 0.25) is 0 Å². The van der Waals surface area contributed by atoms with E-state index in [1.807, 2.05) is 0 Å². The van der Waals surface area contributed by atoms with E-state index in [0.717, 1.165) is 4.90 Å². The second-order valence-electron chi connectivity index (χ2n) is 4.78. The molecule has 0 spiro atoms. The van der Waals surface area contributed by atoms with Crippen molar-refractivity contribution in [3.63, 3.8) is 0 Å². The monoisotopic (exact) mass is 309 g/mol. The van der Waals surface area contributed by atoms with Gasteiger partial charge in [0.2, 0.25) is 5.91 Å². The average Bonchev–Trinajstić information content (AvgIpc) is 2.45. The molecular weight excluding hydrogens is 286 g/mol. The number of nitrogens with zero attached hydrogens (tertiary/aromatic N) is 2. The first-order valence-electron chi connectivity index (χ1n) is 6.21. The molecule has 1 saturated heterocycles. The van der Waals surface area contributed by atoms with Gasteiger partial charge in [-0.2, -0.15) is 0 Å². The quantitative estimate of drug-likeness (QED) is 0.334. The average molecular weight is 309 g/mol. The fourth-order valence-electron chi connectivity index (χ4n) is 1.87. The minimum absolute atomic E-state index is 0. The molecule has 0 saturated carbocycles. The van der Waals surface area contributed by atoms with Gasteiger partial charge in [0.1, 0.15) is 12.2 Å². The fraction of sp³-hybridized carbons (Fsp3) is 0.818. The van der Waals surface area contributed by atoms with Gasteiger partial charge in [-0.3, -0.25) is 15.0 Å². The molecule has 0 radical (unpaired) electrons.